The molecule has 1 aromatic heterocycles. The predicted molar refractivity (Wildman–Crippen MR) is 40.5 cm³/mol. The van der Waals surface area contributed by atoms with Gasteiger partial charge in [0.1, 0.15) is 5.52 Å². The van der Waals surface area contributed by atoms with Crippen molar-refractivity contribution in [3.05, 3.63) is 24.3 Å². The molecule has 2 nitrogen and oxygen atoms in total. The van der Waals surface area contributed by atoms with Crippen LogP contribution in [-0.2, 0) is 0 Å². The number of fused-ring (bicyclic) bond motifs is 1. The smallest absolute Gasteiger partial charge is 0.448 e. The normalized spacial score (nSPS) is 10.3. The molecule has 1 aromatic carbocycles. The zero-order valence-electron chi connectivity index (χ0n) is 5.62. The van der Waals surface area contributed by atoms with Crippen LogP contribution in [0.5, 0.6) is 0 Å². The largest absolute Gasteiger partial charge is 0.460 e. The number of hydrogen-bond donors (Lipinski definition) is 0. The van der Waals surface area contributed by atoms with Gasteiger partial charge in [0.05, 0.1) is 0 Å². The lowest BCUT2D eigenvalue weighted by molar-refractivity contribution is 0.634. The SMILES string of the molecule is F[B]c1nc2ccccc2o1. The molecular weight excluding hydrogens is 144 g/mol. The molecular formula is C7H4BFNO. The van der Waals surface area contributed by atoms with Crippen molar-refractivity contribution in [2.45, 2.75) is 0 Å². The van der Waals surface area contributed by atoms with Crippen molar-refractivity contribution in [3.8, 4) is 0 Å². The van der Waals surface area contributed by atoms with Crippen molar-refractivity contribution in [1.29, 1.82) is 0 Å². The van der Waals surface area contributed by atoms with Gasteiger partial charge in [-0.1, -0.05) is 12.1 Å². The first-order valence-corrected chi connectivity index (χ1v) is 3.19. The summed E-state index contributed by atoms with van der Waals surface area (Å²) >= 11 is 0. The van der Waals surface area contributed by atoms with Crippen LogP contribution in [0, 0.1) is 0 Å². The van der Waals surface area contributed by atoms with Crippen molar-refractivity contribution >= 4 is 24.4 Å². The Hall–Kier alpha value is -1.32. The molecule has 0 amide bonds. The van der Waals surface area contributed by atoms with Crippen LogP contribution in [0.15, 0.2) is 28.7 Å². The molecule has 0 N–H and O–H groups in total. The van der Waals surface area contributed by atoms with Gasteiger partial charge >= 0.3 is 7.56 Å². The molecule has 0 saturated heterocycles. The van der Waals surface area contributed by atoms with Crippen LogP contribution in [0.3, 0.4) is 0 Å². The third-order valence-corrected chi connectivity index (χ3v) is 1.40. The third kappa shape index (κ3) is 1.00. The van der Waals surface area contributed by atoms with E-state index in [1.807, 2.05) is 12.1 Å². The maximum atomic E-state index is 11.9. The number of nitrogens with zero attached hydrogens (tertiary/aromatic N) is 1. The molecule has 0 fully saturated rings. The van der Waals surface area contributed by atoms with Gasteiger partial charge in [-0.3, -0.25) is 0 Å². The summed E-state index contributed by atoms with van der Waals surface area (Å²) in [4.78, 5) is 3.83. The minimum atomic E-state index is 0.0196. The number of benzene rings is 1. The number of rotatable bonds is 1. The first kappa shape index (κ1) is 6.40. The third-order valence-electron chi connectivity index (χ3n) is 1.40. The summed E-state index contributed by atoms with van der Waals surface area (Å²) in [7, 11) is 0.347. The van der Waals surface area contributed by atoms with Crippen LogP contribution in [0.25, 0.3) is 11.1 Å². The Labute approximate surface area is 63.3 Å². The van der Waals surface area contributed by atoms with E-state index in [9.17, 15) is 4.32 Å². The first-order chi connectivity index (χ1) is 5.40. The Kier molecular flexibility index (Phi) is 1.38. The molecule has 0 atom stereocenters. The highest BCUT2D eigenvalue weighted by Gasteiger charge is 2.04. The van der Waals surface area contributed by atoms with E-state index in [1.165, 1.54) is 0 Å². The minimum Gasteiger partial charge on any atom is -0.448 e. The van der Waals surface area contributed by atoms with Gasteiger partial charge in [0, 0.05) is 0 Å². The van der Waals surface area contributed by atoms with Crippen molar-refractivity contribution in [2.75, 3.05) is 0 Å². The van der Waals surface area contributed by atoms with E-state index in [4.69, 9.17) is 4.42 Å². The van der Waals surface area contributed by atoms with Crippen molar-refractivity contribution < 1.29 is 8.73 Å². The van der Waals surface area contributed by atoms with E-state index < -0.39 is 0 Å². The molecule has 4 heteroatoms. The molecule has 2 aromatic rings. The summed E-state index contributed by atoms with van der Waals surface area (Å²) in [6.07, 6.45) is 0. The van der Waals surface area contributed by atoms with Gasteiger partial charge < -0.3 is 8.73 Å². The number of oxazole rings is 1. The molecule has 0 unspecified atom stereocenters. The van der Waals surface area contributed by atoms with Crippen LogP contribution in [0.4, 0.5) is 4.32 Å². The first-order valence-electron chi connectivity index (χ1n) is 3.19. The number of para-hydroxylation sites is 2. The van der Waals surface area contributed by atoms with E-state index in [-0.39, 0.29) is 5.79 Å². The lowest BCUT2D eigenvalue weighted by Gasteiger charge is -1.79. The molecule has 0 bridgehead atoms. The predicted octanol–water partition coefficient (Wildman–Crippen LogP) is 1.04. The van der Waals surface area contributed by atoms with E-state index in [1.54, 1.807) is 12.1 Å². The fraction of sp³-hybridized carbons (Fsp3) is 0. The zero-order chi connectivity index (χ0) is 7.68. The van der Waals surface area contributed by atoms with Crippen LogP contribution in [-0.4, -0.2) is 12.5 Å². The van der Waals surface area contributed by atoms with Gasteiger partial charge in [0.15, 0.2) is 11.4 Å². The highest BCUT2D eigenvalue weighted by Crippen LogP contribution is 2.08. The quantitative estimate of drug-likeness (QED) is 0.564. The average molecular weight is 148 g/mol. The molecule has 1 radical (unpaired) electrons. The second kappa shape index (κ2) is 2.38. The van der Waals surface area contributed by atoms with Gasteiger partial charge in [-0.15, -0.1) is 0 Å². The van der Waals surface area contributed by atoms with Crippen LogP contribution in [0.2, 0.25) is 0 Å². The highest BCUT2D eigenvalue weighted by molar-refractivity contribution is 6.43. The molecule has 0 aliphatic rings. The molecule has 1 heterocycles. The minimum absolute atomic E-state index is 0.0196. The Morgan fingerprint density at radius 3 is 2.91 bits per heavy atom. The van der Waals surface area contributed by atoms with Gasteiger partial charge in [-0.2, -0.15) is 0 Å². The van der Waals surface area contributed by atoms with Crippen molar-refractivity contribution in [2.24, 2.45) is 0 Å². The number of hydrogen-bond acceptors (Lipinski definition) is 2. The summed E-state index contributed by atoms with van der Waals surface area (Å²) in [6, 6.07) is 7.16. The molecule has 53 valence electrons. The van der Waals surface area contributed by atoms with Gasteiger partial charge in [-0.25, -0.2) is 4.98 Å². The Morgan fingerprint density at radius 1 is 1.36 bits per heavy atom. The number of halogens is 1. The molecule has 0 aliphatic carbocycles. The topological polar surface area (TPSA) is 26.0 Å². The van der Waals surface area contributed by atoms with E-state index >= 15 is 0 Å². The van der Waals surface area contributed by atoms with Crippen molar-refractivity contribution in [3.63, 3.8) is 0 Å². The lowest BCUT2D eigenvalue weighted by Crippen LogP contribution is -2.08. The molecule has 0 saturated carbocycles. The molecule has 0 spiro atoms. The summed E-state index contributed by atoms with van der Waals surface area (Å²) in [6.45, 7) is 0. The summed E-state index contributed by atoms with van der Waals surface area (Å²) in [5, 5.41) is 0. The van der Waals surface area contributed by atoms with Crippen LogP contribution >= 0.6 is 0 Å². The fourth-order valence-corrected chi connectivity index (χ4v) is 0.937. The van der Waals surface area contributed by atoms with Crippen LogP contribution in [0.1, 0.15) is 0 Å². The second-order valence-electron chi connectivity index (χ2n) is 2.13. The highest BCUT2D eigenvalue weighted by atomic mass is 19.1. The molecule has 11 heavy (non-hydrogen) atoms. The monoisotopic (exact) mass is 148 g/mol. The van der Waals surface area contributed by atoms with Gasteiger partial charge in [-0.05, 0) is 12.1 Å². The maximum Gasteiger partial charge on any atom is 0.460 e. The molecule has 0 aliphatic heterocycles. The number of aromatic nitrogens is 1. The maximum absolute atomic E-state index is 11.9. The van der Waals surface area contributed by atoms with E-state index in [0.717, 1.165) is 0 Å². The fourth-order valence-electron chi connectivity index (χ4n) is 0.937. The summed E-state index contributed by atoms with van der Waals surface area (Å²) in [5.74, 6) is 0.0196. The summed E-state index contributed by atoms with van der Waals surface area (Å²) in [5.41, 5.74) is 1.29. The average Bonchev–Trinajstić information content (AvgIpc) is 2.46. The van der Waals surface area contributed by atoms with E-state index in [2.05, 4.69) is 4.98 Å². The van der Waals surface area contributed by atoms with E-state index in [0.29, 0.717) is 18.7 Å². The van der Waals surface area contributed by atoms with Crippen LogP contribution < -0.4 is 5.79 Å². The lowest BCUT2D eigenvalue weighted by atomic mass is 10.1. The zero-order valence-corrected chi connectivity index (χ0v) is 5.62. The molecule has 2 rings (SSSR count). The summed E-state index contributed by atoms with van der Waals surface area (Å²) < 4.78 is 16.9. The second-order valence-corrected chi connectivity index (χ2v) is 2.13. The van der Waals surface area contributed by atoms with Gasteiger partial charge in [0.2, 0.25) is 0 Å². The Bertz CT molecular complexity index is 340. The Morgan fingerprint density at radius 2 is 2.18 bits per heavy atom. The van der Waals surface area contributed by atoms with Gasteiger partial charge in [0.25, 0.3) is 0 Å². The van der Waals surface area contributed by atoms with Crippen molar-refractivity contribution in [1.82, 2.24) is 4.98 Å². The Balaban J connectivity index is 2.69. The standard InChI is InChI=1S/C7H4BFNO/c9-8-7-10-5-3-1-2-4-6(5)11-7/h1-4H.